The number of anilines is 2. The van der Waals surface area contributed by atoms with Crippen molar-refractivity contribution in [2.75, 3.05) is 56.6 Å². The Labute approximate surface area is 176 Å². The van der Waals surface area contributed by atoms with Crippen molar-refractivity contribution in [1.29, 1.82) is 0 Å². The third-order valence-electron chi connectivity index (χ3n) is 4.27. The van der Waals surface area contributed by atoms with Crippen molar-refractivity contribution >= 4 is 41.6 Å². The van der Waals surface area contributed by atoms with Gasteiger partial charge in [0, 0.05) is 50.8 Å². The van der Waals surface area contributed by atoms with Gasteiger partial charge < -0.3 is 20.7 Å². The van der Waals surface area contributed by atoms with E-state index in [1.807, 2.05) is 30.3 Å². The van der Waals surface area contributed by atoms with Gasteiger partial charge in [0.2, 0.25) is 5.95 Å². The summed E-state index contributed by atoms with van der Waals surface area (Å²) in [6, 6.07) is 9.41. The molecule has 0 bridgehead atoms. The SMILES string of the molecule is COc1ccc(NC(N)=NCCN2CCN(c3ncccn3)CC2)cc1.I. The molecule has 8 nitrogen and oxygen atoms in total. The van der Waals surface area contributed by atoms with E-state index in [-0.39, 0.29) is 24.0 Å². The normalized spacial score (nSPS) is 15.1. The molecule has 0 spiro atoms. The van der Waals surface area contributed by atoms with E-state index >= 15 is 0 Å². The van der Waals surface area contributed by atoms with E-state index in [0.717, 1.165) is 50.1 Å². The maximum atomic E-state index is 5.95. The van der Waals surface area contributed by atoms with Crippen LogP contribution in [0.25, 0.3) is 0 Å². The van der Waals surface area contributed by atoms with Crippen LogP contribution in [0.1, 0.15) is 0 Å². The summed E-state index contributed by atoms with van der Waals surface area (Å²) in [6.45, 7) is 5.34. The molecular weight excluding hydrogens is 457 g/mol. The van der Waals surface area contributed by atoms with Crippen LogP contribution in [0.3, 0.4) is 0 Å². The molecule has 2 heterocycles. The second-order valence-corrected chi connectivity index (χ2v) is 6.00. The molecule has 1 aromatic heterocycles. The number of hydrogen-bond donors (Lipinski definition) is 2. The number of methoxy groups -OCH3 is 1. The highest BCUT2D eigenvalue weighted by Crippen LogP contribution is 2.14. The third-order valence-corrected chi connectivity index (χ3v) is 4.27. The minimum Gasteiger partial charge on any atom is -0.497 e. The first-order valence-electron chi connectivity index (χ1n) is 8.70. The Morgan fingerprint density at radius 2 is 1.81 bits per heavy atom. The monoisotopic (exact) mass is 483 g/mol. The molecule has 3 rings (SSSR count). The third kappa shape index (κ3) is 6.51. The maximum Gasteiger partial charge on any atom is 0.225 e. The van der Waals surface area contributed by atoms with Crippen LogP contribution in [0.4, 0.5) is 11.6 Å². The van der Waals surface area contributed by atoms with Crippen LogP contribution in [-0.4, -0.2) is 67.2 Å². The van der Waals surface area contributed by atoms with Gasteiger partial charge in [0.1, 0.15) is 5.75 Å². The van der Waals surface area contributed by atoms with Gasteiger partial charge in [-0.05, 0) is 30.3 Å². The molecule has 1 aromatic carbocycles. The van der Waals surface area contributed by atoms with E-state index in [9.17, 15) is 0 Å². The Balaban J connectivity index is 0.00000261. The molecule has 0 amide bonds. The molecule has 1 fully saturated rings. The lowest BCUT2D eigenvalue weighted by molar-refractivity contribution is 0.264. The van der Waals surface area contributed by atoms with Crippen molar-refractivity contribution in [2.24, 2.45) is 10.7 Å². The number of nitrogens with one attached hydrogen (secondary N) is 1. The fourth-order valence-corrected chi connectivity index (χ4v) is 2.80. The molecule has 0 aliphatic carbocycles. The second-order valence-electron chi connectivity index (χ2n) is 6.00. The number of benzene rings is 1. The number of piperazine rings is 1. The molecule has 0 unspecified atom stereocenters. The molecule has 0 atom stereocenters. The van der Waals surface area contributed by atoms with E-state index in [1.54, 1.807) is 19.5 Å². The van der Waals surface area contributed by atoms with Gasteiger partial charge in [-0.1, -0.05) is 0 Å². The summed E-state index contributed by atoms with van der Waals surface area (Å²) in [6.07, 6.45) is 3.56. The van der Waals surface area contributed by atoms with Gasteiger partial charge in [-0.25, -0.2) is 9.97 Å². The van der Waals surface area contributed by atoms with Crippen LogP contribution in [0.2, 0.25) is 0 Å². The number of guanidine groups is 1. The van der Waals surface area contributed by atoms with Crippen molar-refractivity contribution in [3.8, 4) is 5.75 Å². The van der Waals surface area contributed by atoms with Crippen LogP contribution in [0, 0.1) is 0 Å². The number of aliphatic imine (C=N–C) groups is 1. The average Bonchev–Trinajstić information content (AvgIpc) is 2.70. The van der Waals surface area contributed by atoms with Crippen molar-refractivity contribution in [3.63, 3.8) is 0 Å². The molecule has 1 aliphatic heterocycles. The highest BCUT2D eigenvalue weighted by Gasteiger charge is 2.18. The highest BCUT2D eigenvalue weighted by molar-refractivity contribution is 14.0. The predicted molar refractivity (Wildman–Crippen MR) is 119 cm³/mol. The number of nitrogens with two attached hydrogens (primary N) is 1. The summed E-state index contributed by atoms with van der Waals surface area (Å²) in [5.41, 5.74) is 6.85. The van der Waals surface area contributed by atoms with E-state index < -0.39 is 0 Å². The number of hydrogen-bond acceptors (Lipinski definition) is 6. The Hall–Kier alpha value is -2.14. The van der Waals surface area contributed by atoms with E-state index in [0.29, 0.717) is 12.5 Å². The zero-order valence-corrected chi connectivity index (χ0v) is 17.7. The summed E-state index contributed by atoms with van der Waals surface area (Å²) in [4.78, 5) is 17.6. The smallest absolute Gasteiger partial charge is 0.225 e. The lowest BCUT2D eigenvalue weighted by atomic mass is 10.3. The van der Waals surface area contributed by atoms with Gasteiger partial charge >= 0.3 is 0 Å². The first-order chi connectivity index (χ1) is 12.7. The summed E-state index contributed by atoms with van der Waals surface area (Å²) >= 11 is 0. The molecule has 1 aliphatic rings. The highest BCUT2D eigenvalue weighted by atomic mass is 127. The lowest BCUT2D eigenvalue weighted by Crippen LogP contribution is -2.47. The van der Waals surface area contributed by atoms with E-state index in [4.69, 9.17) is 10.5 Å². The molecule has 9 heteroatoms. The molecule has 1 saturated heterocycles. The second kappa shape index (κ2) is 10.9. The number of rotatable bonds is 6. The standard InChI is InChI=1S/C18H25N7O.HI/c1-26-16-5-3-15(4-6-16)23-17(19)20-9-10-24-11-13-25(14-12-24)18-21-7-2-8-22-18;/h2-8H,9-14H2,1H3,(H3,19,20,23);1H. The number of halogens is 1. The van der Waals surface area contributed by atoms with Crippen molar-refractivity contribution < 1.29 is 4.74 Å². The predicted octanol–water partition coefficient (Wildman–Crippen LogP) is 1.65. The number of ether oxygens (including phenoxy) is 1. The zero-order chi connectivity index (χ0) is 18.2. The largest absolute Gasteiger partial charge is 0.497 e. The van der Waals surface area contributed by atoms with Gasteiger partial charge in [0.15, 0.2) is 5.96 Å². The quantitative estimate of drug-likeness (QED) is 0.367. The zero-order valence-electron chi connectivity index (χ0n) is 15.4. The summed E-state index contributed by atoms with van der Waals surface area (Å²) in [7, 11) is 1.64. The molecule has 2 aromatic rings. The maximum absolute atomic E-state index is 5.95. The first-order valence-corrected chi connectivity index (χ1v) is 8.70. The van der Waals surface area contributed by atoms with Gasteiger partial charge in [-0.2, -0.15) is 0 Å². The fraction of sp³-hybridized carbons (Fsp3) is 0.389. The van der Waals surface area contributed by atoms with Crippen LogP contribution in [0.5, 0.6) is 5.75 Å². The molecule has 27 heavy (non-hydrogen) atoms. The summed E-state index contributed by atoms with van der Waals surface area (Å²) in [5.74, 6) is 2.04. The Morgan fingerprint density at radius 1 is 1.15 bits per heavy atom. The van der Waals surface area contributed by atoms with Crippen molar-refractivity contribution in [1.82, 2.24) is 14.9 Å². The van der Waals surface area contributed by atoms with Crippen LogP contribution >= 0.6 is 24.0 Å². The Morgan fingerprint density at radius 3 is 2.44 bits per heavy atom. The summed E-state index contributed by atoms with van der Waals surface area (Å²) in [5, 5.41) is 3.09. The van der Waals surface area contributed by atoms with Crippen LogP contribution < -0.4 is 20.7 Å². The molecule has 0 radical (unpaired) electrons. The number of nitrogens with zero attached hydrogens (tertiary/aromatic N) is 5. The van der Waals surface area contributed by atoms with E-state index in [2.05, 4.69) is 30.1 Å². The molecular formula is C18H26IN7O. The molecule has 146 valence electrons. The van der Waals surface area contributed by atoms with Gasteiger partial charge in [0.05, 0.1) is 13.7 Å². The van der Waals surface area contributed by atoms with Gasteiger partial charge in [0.25, 0.3) is 0 Å². The Bertz CT molecular complexity index is 703. The summed E-state index contributed by atoms with van der Waals surface area (Å²) < 4.78 is 5.14. The van der Waals surface area contributed by atoms with Crippen molar-refractivity contribution in [2.45, 2.75) is 0 Å². The van der Waals surface area contributed by atoms with Gasteiger partial charge in [-0.15, -0.1) is 24.0 Å². The first kappa shape index (κ1) is 21.2. The number of aromatic nitrogens is 2. The molecule has 0 saturated carbocycles. The topological polar surface area (TPSA) is 91.9 Å². The minimum atomic E-state index is 0. The van der Waals surface area contributed by atoms with Crippen LogP contribution in [0.15, 0.2) is 47.7 Å². The Kier molecular flexibility index (Phi) is 8.52. The van der Waals surface area contributed by atoms with Crippen LogP contribution in [-0.2, 0) is 0 Å². The molecule has 3 N–H and O–H groups in total. The fourth-order valence-electron chi connectivity index (χ4n) is 2.80. The van der Waals surface area contributed by atoms with E-state index in [1.165, 1.54) is 0 Å². The van der Waals surface area contributed by atoms with Gasteiger partial charge in [-0.3, -0.25) is 9.89 Å². The lowest BCUT2D eigenvalue weighted by Gasteiger charge is -2.34. The minimum absolute atomic E-state index is 0. The average molecular weight is 483 g/mol. The van der Waals surface area contributed by atoms with Crippen molar-refractivity contribution in [3.05, 3.63) is 42.7 Å².